The van der Waals surface area contributed by atoms with Gasteiger partial charge in [0.2, 0.25) is 0 Å². The van der Waals surface area contributed by atoms with Crippen molar-refractivity contribution in [1.82, 2.24) is 0 Å². The first-order valence-electron chi connectivity index (χ1n) is 7.61. The molecule has 0 radical (unpaired) electrons. The fraction of sp³-hybridized carbons (Fsp3) is 0.222. The lowest BCUT2D eigenvalue weighted by Crippen LogP contribution is -2.24. The predicted molar refractivity (Wildman–Crippen MR) is 87.8 cm³/mol. The average Bonchev–Trinajstić information content (AvgIpc) is 2.59. The predicted octanol–water partition coefficient (Wildman–Crippen LogP) is 4.96. The summed E-state index contributed by atoms with van der Waals surface area (Å²) in [6, 6.07) is 6.44. The number of ketones is 2. The minimum Gasteiger partial charge on any atom is -0.284 e. The van der Waals surface area contributed by atoms with Gasteiger partial charge in [-0.15, -0.1) is 0 Å². The Labute approximate surface area is 157 Å². The van der Waals surface area contributed by atoms with Gasteiger partial charge in [-0.2, -0.15) is 26.3 Å². The molecule has 0 amide bonds. The molecule has 0 aromatic heterocycles. The third-order valence-electron chi connectivity index (χ3n) is 3.97. The minimum atomic E-state index is -5.14. The van der Waals surface area contributed by atoms with Crippen molar-refractivity contribution in [2.45, 2.75) is 36.0 Å². The molecule has 10 heteroatoms. The number of carbonyl (C=O) groups excluding carboxylic acids is 2. The van der Waals surface area contributed by atoms with E-state index in [0.717, 1.165) is 38.1 Å². The van der Waals surface area contributed by atoms with Crippen molar-refractivity contribution in [2.75, 3.05) is 0 Å². The second-order valence-electron chi connectivity index (χ2n) is 5.78. The van der Waals surface area contributed by atoms with Crippen LogP contribution >= 0.6 is 0 Å². The molecule has 0 aliphatic heterocycles. The monoisotopic (exact) mass is 422 g/mol. The van der Waals surface area contributed by atoms with Crippen LogP contribution in [-0.4, -0.2) is 28.1 Å². The van der Waals surface area contributed by atoms with Gasteiger partial charge in [0.1, 0.15) is 0 Å². The molecule has 0 fully saturated rings. The first-order valence-corrected chi connectivity index (χ1v) is 8.75. The maximum Gasteiger partial charge on any atom is 0.454 e. The maximum atomic E-state index is 12.9. The van der Waals surface area contributed by atoms with Crippen molar-refractivity contribution in [3.63, 3.8) is 0 Å². The van der Waals surface area contributed by atoms with Crippen LogP contribution in [0.1, 0.15) is 31.8 Å². The second-order valence-corrected chi connectivity index (χ2v) is 7.20. The third-order valence-corrected chi connectivity index (χ3v) is 5.66. The first kappa shape index (κ1) is 21.8. The van der Waals surface area contributed by atoms with Crippen LogP contribution in [0.3, 0.4) is 0 Å². The molecule has 0 saturated heterocycles. The summed E-state index contributed by atoms with van der Waals surface area (Å²) in [4.78, 5) is 22.7. The van der Waals surface area contributed by atoms with Gasteiger partial charge in [0.25, 0.3) is 11.6 Å². The molecule has 0 heterocycles. The quantitative estimate of drug-likeness (QED) is 0.517. The number of halogens is 6. The summed E-state index contributed by atoms with van der Waals surface area (Å²) in [5.41, 5.74) is -1.85. The van der Waals surface area contributed by atoms with E-state index in [1.54, 1.807) is 0 Å². The number of alkyl halides is 6. The zero-order valence-electron chi connectivity index (χ0n) is 14.4. The van der Waals surface area contributed by atoms with E-state index in [1.807, 2.05) is 0 Å². The van der Waals surface area contributed by atoms with Gasteiger partial charge in [-0.3, -0.25) is 9.59 Å². The molecule has 0 bridgehead atoms. The van der Waals surface area contributed by atoms with Crippen molar-refractivity contribution in [1.29, 1.82) is 0 Å². The lowest BCUT2D eigenvalue weighted by atomic mass is 10.0. The Morgan fingerprint density at radius 1 is 0.714 bits per heavy atom. The van der Waals surface area contributed by atoms with Crippen LogP contribution in [0.2, 0.25) is 0 Å². The summed E-state index contributed by atoms with van der Waals surface area (Å²) in [5.74, 6) is -4.25. The molecule has 0 saturated carbocycles. The van der Waals surface area contributed by atoms with E-state index in [-0.39, 0.29) is 20.9 Å². The van der Waals surface area contributed by atoms with E-state index in [9.17, 15) is 40.1 Å². The summed E-state index contributed by atoms with van der Waals surface area (Å²) in [5, 5.41) is 0. The van der Waals surface area contributed by atoms with Gasteiger partial charge in [-0.1, -0.05) is 24.3 Å². The van der Waals surface area contributed by atoms with Crippen molar-refractivity contribution in [3.05, 3.63) is 58.7 Å². The SMILES string of the molecule is Cc1c(C(=O)C(F)(F)F)cccc1S(=O)c1cccc(C(=O)C(F)(F)F)c1C. The highest BCUT2D eigenvalue weighted by molar-refractivity contribution is 7.85. The molecule has 28 heavy (non-hydrogen) atoms. The Kier molecular flexibility index (Phi) is 5.84. The second kappa shape index (κ2) is 7.50. The smallest absolute Gasteiger partial charge is 0.284 e. The van der Waals surface area contributed by atoms with Crippen molar-refractivity contribution in [3.8, 4) is 0 Å². The average molecular weight is 422 g/mol. The van der Waals surface area contributed by atoms with Crippen molar-refractivity contribution in [2.24, 2.45) is 0 Å². The topological polar surface area (TPSA) is 51.2 Å². The Balaban J connectivity index is 2.57. The highest BCUT2D eigenvalue weighted by Gasteiger charge is 2.41. The van der Waals surface area contributed by atoms with E-state index in [4.69, 9.17) is 0 Å². The van der Waals surface area contributed by atoms with Crippen LogP contribution in [-0.2, 0) is 10.8 Å². The summed E-state index contributed by atoms with van der Waals surface area (Å²) in [7, 11) is -2.22. The van der Waals surface area contributed by atoms with E-state index in [1.165, 1.54) is 12.1 Å². The Bertz CT molecular complexity index is 899. The highest BCUT2D eigenvalue weighted by Crippen LogP contribution is 2.31. The normalized spacial score (nSPS) is 12.3. The third kappa shape index (κ3) is 4.16. The van der Waals surface area contributed by atoms with E-state index in [0.29, 0.717) is 0 Å². The van der Waals surface area contributed by atoms with Gasteiger partial charge >= 0.3 is 12.4 Å². The van der Waals surface area contributed by atoms with E-state index >= 15 is 0 Å². The summed E-state index contributed by atoms with van der Waals surface area (Å²) < 4.78 is 89.2. The number of carbonyl (C=O) groups is 2. The fourth-order valence-corrected chi connectivity index (χ4v) is 3.96. The standard InChI is InChI=1S/C18H12F6O3S/c1-9-11(15(25)17(19,20)21)5-3-7-13(9)28(27)14-8-4-6-12(10(14)2)16(26)18(22,23)24/h3-8H,1-2H3. The Hall–Kier alpha value is -2.49. The van der Waals surface area contributed by atoms with Crippen LogP contribution in [0.15, 0.2) is 46.2 Å². The van der Waals surface area contributed by atoms with Crippen LogP contribution in [0.4, 0.5) is 26.3 Å². The number of Topliss-reactive ketones (excluding diaryl/α,β-unsaturated/α-hetero) is 2. The summed E-state index contributed by atoms with van der Waals surface area (Å²) in [6.45, 7) is 2.32. The van der Waals surface area contributed by atoms with Gasteiger partial charge in [0.15, 0.2) is 0 Å². The molecule has 0 N–H and O–H groups in total. The van der Waals surface area contributed by atoms with Gasteiger partial charge < -0.3 is 0 Å². The van der Waals surface area contributed by atoms with Crippen LogP contribution in [0.5, 0.6) is 0 Å². The number of benzene rings is 2. The molecule has 0 spiro atoms. The molecule has 0 aliphatic rings. The molecule has 0 unspecified atom stereocenters. The minimum absolute atomic E-state index is 0.171. The lowest BCUT2D eigenvalue weighted by Gasteiger charge is -2.15. The molecule has 2 rings (SSSR count). The maximum absolute atomic E-state index is 12.9. The summed E-state index contributed by atoms with van der Waals surface area (Å²) in [6.07, 6.45) is -10.3. The zero-order chi connectivity index (χ0) is 21.4. The van der Waals surface area contributed by atoms with Crippen LogP contribution in [0, 0.1) is 13.8 Å². The van der Waals surface area contributed by atoms with Crippen LogP contribution in [0.25, 0.3) is 0 Å². The number of hydrogen-bond acceptors (Lipinski definition) is 3. The molecular formula is C18H12F6O3S. The van der Waals surface area contributed by atoms with Gasteiger partial charge in [-0.25, -0.2) is 4.21 Å². The Morgan fingerprint density at radius 3 is 1.32 bits per heavy atom. The van der Waals surface area contributed by atoms with Crippen molar-refractivity contribution >= 4 is 22.4 Å². The molecule has 2 aromatic carbocycles. The molecule has 2 aromatic rings. The van der Waals surface area contributed by atoms with Crippen LogP contribution < -0.4 is 0 Å². The fourth-order valence-electron chi connectivity index (χ4n) is 2.55. The largest absolute Gasteiger partial charge is 0.454 e. The van der Waals surface area contributed by atoms with Gasteiger partial charge in [0, 0.05) is 20.9 Å². The van der Waals surface area contributed by atoms with Crippen molar-refractivity contribution < 1.29 is 40.1 Å². The first-order chi connectivity index (χ1) is 12.8. The molecule has 3 nitrogen and oxygen atoms in total. The molecule has 0 aliphatic carbocycles. The van der Waals surface area contributed by atoms with E-state index < -0.39 is 45.8 Å². The molecule has 150 valence electrons. The van der Waals surface area contributed by atoms with Gasteiger partial charge in [-0.05, 0) is 37.1 Å². The number of hydrogen-bond donors (Lipinski definition) is 0. The molecule has 0 atom stereocenters. The zero-order valence-corrected chi connectivity index (χ0v) is 15.2. The highest BCUT2D eigenvalue weighted by atomic mass is 32.2. The van der Waals surface area contributed by atoms with E-state index in [2.05, 4.69) is 0 Å². The number of rotatable bonds is 4. The lowest BCUT2D eigenvalue weighted by molar-refractivity contribution is -0.0888. The Morgan fingerprint density at radius 2 is 1.04 bits per heavy atom. The summed E-state index contributed by atoms with van der Waals surface area (Å²) >= 11 is 0. The van der Waals surface area contributed by atoms with Gasteiger partial charge in [0.05, 0.1) is 10.8 Å². The molecular weight excluding hydrogens is 410 g/mol.